The number of carboxylic acids is 1. The normalized spacial score (nSPS) is 17.5. The quantitative estimate of drug-likeness (QED) is 0.647. The predicted octanol–water partition coefficient (Wildman–Crippen LogP) is 1.44. The van der Waals surface area contributed by atoms with E-state index in [1.165, 1.54) is 19.3 Å². The minimum atomic E-state index is -0.961. The van der Waals surface area contributed by atoms with Crippen LogP contribution in [0.15, 0.2) is 0 Å². The first-order chi connectivity index (χ1) is 6.16. The van der Waals surface area contributed by atoms with Crippen LogP contribution in [0.1, 0.15) is 51.9 Å². The summed E-state index contributed by atoms with van der Waals surface area (Å²) >= 11 is 1.54. The molecule has 0 unspecified atom stereocenters. The van der Waals surface area contributed by atoms with Gasteiger partial charge in [0.25, 0.3) is 0 Å². The van der Waals surface area contributed by atoms with Crippen LogP contribution in [0, 0.1) is 0 Å². The maximum absolute atomic E-state index is 9.49. The van der Waals surface area contributed by atoms with Gasteiger partial charge in [-0.15, -0.1) is 0 Å². The Balaban J connectivity index is 0.000000226. The summed E-state index contributed by atoms with van der Waals surface area (Å²) in [6.45, 7) is 1.80. The molecule has 1 aliphatic rings. The van der Waals surface area contributed by atoms with Crippen LogP contribution in [0.3, 0.4) is 0 Å². The van der Waals surface area contributed by atoms with E-state index in [9.17, 15) is 9.90 Å². The van der Waals surface area contributed by atoms with Crippen LogP contribution in [0.25, 0.3) is 0 Å². The molecule has 13 heavy (non-hydrogen) atoms. The molecule has 0 aliphatic heterocycles. The molecule has 0 bridgehead atoms. The van der Waals surface area contributed by atoms with Crippen LogP contribution < -0.4 is 5.11 Å². The van der Waals surface area contributed by atoms with Gasteiger partial charge in [-0.05, 0) is 6.42 Å². The van der Waals surface area contributed by atoms with Crippen molar-refractivity contribution in [3.63, 3.8) is 0 Å². The molecule has 0 N–H and O–H groups in total. The Morgan fingerprint density at radius 3 is 2.08 bits per heavy atom. The third kappa shape index (κ3) is 10.7. The average molecular weight is 210 g/mol. The monoisotopic (exact) mass is 210 g/mol. The molecule has 0 saturated heterocycles. The molecule has 3 heteroatoms. The van der Waals surface area contributed by atoms with E-state index < -0.39 is 5.97 Å². The van der Waals surface area contributed by atoms with Crippen LogP contribution in [0.5, 0.6) is 0 Å². The van der Waals surface area contributed by atoms with Gasteiger partial charge in [0.15, 0.2) is 0 Å². The number of rotatable bonds is 2. The zero-order valence-electron chi connectivity index (χ0n) is 8.55. The summed E-state index contributed by atoms with van der Waals surface area (Å²) in [6.07, 6.45) is 8.48. The molecule has 1 aliphatic carbocycles. The SMILES string of the molecule is CCCC(=O)[O-].[Ca+][CH]1CCCCC1. The zero-order chi connectivity index (χ0) is 10.1. The Kier molecular flexibility index (Phi) is 9.81. The third-order valence-electron chi connectivity index (χ3n) is 2.18. The fourth-order valence-corrected chi connectivity index (χ4v) is 2.29. The summed E-state index contributed by atoms with van der Waals surface area (Å²) in [7, 11) is 0. The van der Waals surface area contributed by atoms with E-state index in [1.54, 1.807) is 55.6 Å². The van der Waals surface area contributed by atoms with E-state index >= 15 is 0 Å². The van der Waals surface area contributed by atoms with Gasteiger partial charge in [-0.2, -0.15) is 0 Å². The first-order valence-corrected chi connectivity index (χ1v) is 6.47. The molecule has 1 fully saturated rings. The molecule has 0 aromatic rings. The molecule has 0 aromatic heterocycles. The molecule has 0 spiro atoms. The summed E-state index contributed by atoms with van der Waals surface area (Å²) in [5, 5.41) is 9.49. The maximum atomic E-state index is 9.49. The van der Waals surface area contributed by atoms with Gasteiger partial charge in [0.1, 0.15) is 0 Å². The standard InChI is InChI=1S/C6H11.C4H8O2.Ca/c1-2-4-6-5-3-1;1-2-3-4(5)6;/h1H,2-6H2;2-3H2,1H3,(H,5,6);/q;;+1/p-1. The van der Waals surface area contributed by atoms with Gasteiger partial charge in [-0.1, -0.05) is 13.3 Å². The van der Waals surface area contributed by atoms with Crippen molar-refractivity contribution >= 4 is 41.8 Å². The average Bonchev–Trinajstić information content (AvgIpc) is 2.06. The van der Waals surface area contributed by atoms with E-state index in [-0.39, 0.29) is 6.42 Å². The van der Waals surface area contributed by atoms with E-state index in [0.717, 1.165) is 2.01 Å². The first kappa shape index (κ1) is 13.7. The second kappa shape index (κ2) is 9.29. The Morgan fingerprint density at radius 2 is 1.92 bits per heavy atom. The summed E-state index contributed by atoms with van der Waals surface area (Å²) in [5.41, 5.74) is 0. The predicted molar refractivity (Wildman–Crippen MR) is 52.5 cm³/mol. The van der Waals surface area contributed by atoms with E-state index in [2.05, 4.69) is 0 Å². The van der Waals surface area contributed by atoms with Gasteiger partial charge in [-0.3, -0.25) is 0 Å². The number of carboxylic acid groups (broad SMARTS) is 1. The molecule has 0 aromatic carbocycles. The molecule has 0 heterocycles. The van der Waals surface area contributed by atoms with Crippen molar-refractivity contribution in [2.45, 2.75) is 53.9 Å². The Bertz CT molecular complexity index is 131. The second-order valence-corrected chi connectivity index (χ2v) is 5.43. The Labute approximate surface area is 105 Å². The Hall–Kier alpha value is 0.730. The molecule has 72 valence electrons. The van der Waals surface area contributed by atoms with Crippen molar-refractivity contribution < 1.29 is 9.90 Å². The number of carbonyl (C=O) groups is 1. The van der Waals surface area contributed by atoms with Gasteiger partial charge in [0, 0.05) is 5.97 Å². The number of hydrogen-bond donors (Lipinski definition) is 0. The zero-order valence-corrected chi connectivity index (χ0v) is 10.8. The summed E-state index contributed by atoms with van der Waals surface area (Å²) in [4.78, 5) is 9.49. The summed E-state index contributed by atoms with van der Waals surface area (Å²) < 4.78 is 1.16. The number of aliphatic carboxylic acids is 1. The van der Waals surface area contributed by atoms with E-state index in [4.69, 9.17) is 0 Å². The topological polar surface area (TPSA) is 40.1 Å². The van der Waals surface area contributed by atoms with Crippen LogP contribution in [-0.4, -0.2) is 41.8 Å². The van der Waals surface area contributed by atoms with E-state index in [1.807, 2.05) is 0 Å². The van der Waals surface area contributed by atoms with Crippen LogP contribution in [0.4, 0.5) is 0 Å². The Morgan fingerprint density at radius 1 is 1.38 bits per heavy atom. The van der Waals surface area contributed by atoms with Crippen molar-refractivity contribution in [3.05, 3.63) is 0 Å². The van der Waals surface area contributed by atoms with Crippen molar-refractivity contribution in [2.24, 2.45) is 0 Å². The van der Waals surface area contributed by atoms with Crippen molar-refractivity contribution in [2.75, 3.05) is 0 Å². The van der Waals surface area contributed by atoms with Crippen LogP contribution >= 0.6 is 0 Å². The van der Waals surface area contributed by atoms with Crippen LogP contribution in [0.2, 0.25) is 2.01 Å². The van der Waals surface area contributed by atoms with Gasteiger partial charge in [0.2, 0.25) is 0 Å². The molecule has 0 atom stereocenters. The summed E-state index contributed by atoms with van der Waals surface area (Å²) in [6, 6.07) is 0. The summed E-state index contributed by atoms with van der Waals surface area (Å²) in [5.74, 6) is -0.961. The van der Waals surface area contributed by atoms with Gasteiger partial charge >= 0.3 is 69.9 Å². The fourth-order valence-electron chi connectivity index (χ4n) is 1.39. The molecule has 0 radical (unpaired) electrons. The van der Waals surface area contributed by atoms with Crippen molar-refractivity contribution in [1.82, 2.24) is 0 Å². The fraction of sp³-hybridized carbons (Fsp3) is 0.900. The van der Waals surface area contributed by atoms with Gasteiger partial charge in [0.05, 0.1) is 0 Å². The van der Waals surface area contributed by atoms with E-state index in [0.29, 0.717) is 6.42 Å². The molecule has 1 saturated carbocycles. The molecular weight excluding hydrogens is 192 g/mol. The third-order valence-corrected chi connectivity index (χ3v) is 3.45. The van der Waals surface area contributed by atoms with Crippen LogP contribution in [-0.2, 0) is 4.79 Å². The molecular formula is C10H18CaO2. The van der Waals surface area contributed by atoms with Gasteiger partial charge in [-0.25, -0.2) is 0 Å². The second-order valence-electron chi connectivity index (χ2n) is 3.63. The van der Waals surface area contributed by atoms with Crippen molar-refractivity contribution in [3.8, 4) is 0 Å². The van der Waals surface area contributed by atoms with Crippen molar-refractivity contribution in [1.29, 1.82) is 0 Å². The number of hydrogen-bond acceptors (Lipinski definition) is 2. The van der Waals surface area contributed by atoms with Gasteiger partial charge < -0.3 is 9.90 Å². The minimum absolute atomic E-state index is 0.181. The first-order valence-electron chi connectivity index (χ1n) is 5.19. The molecule has 2 nitrogen and oxygen atoms in total. The molecule has 1 rings (SSSR count). The number of carbonyl (C=O) groups excluding carboxylic acids is 1. The molecule has 0 amide bonds.